The van der Waals surface area contributed by atoms with E-state index < -0.39 is 18.5 Å². The van der Waals surface area contributed by atoms with Gasteiger partial charge in [0.15, 0.2) is 6.61 Å². The molecule has 114 valence electrons. The summed E-state index contributed by atoms with van der Waals surface area (Å²) in [5.74, 6) is -1.09. The van der Waals surface area contributed by atoms with Gasteiger partial charge >= 0.3 is 5.97 Å². The second kappa shape index (κ2) is 7.04. The molecular formula is C16H15ClN2O3. The Balaban J connectivity index is 1.97. The first-order chi connectivity index (χ1) is 10.5. The molecule has 0 saturated carbocycles. The average Bonchev–Trinajstić information content (AvgIpc) is 2.45. The summed E-state index contributed by atoms with van der Waals surface area (Å²) in [6.07, 6.45) is 0. The Morgan fingerprint density at radius 3 is 2.55 bits per heavy atom. The molecule has 0 fully saturated rings. The number of nitrogens with zero attached hydrogens (tertiary/aromatic N) is 1. The number of nitrogens with one attached hydrogen (secondary N) is 1. The van der Waals surface area contributed by atoms with E-state index in [1.807, 2.05) is 6.07 Å². The van der Waals surface area contributed by atoms with E-state index in [1.54, 1.807) is 44.2 Å². The van der Waals surface area contributed by atoms with E-state index in [-0.39, 0.29) is 10.7 Å². The van der Waals surface area contributed by atoms with Crippen LogP contribution in [0, 0.1) is 13.8 Å². The number of amides is 1. The Morgan fingerprint density at radius 1 is 1.23 bits per heavy atom. The van der Waals surface area contributed by atoms with Gasteiger partial charge in [0.25, 0.3) is 5.91 Å². The third-order valence-electron chi connectivity index (χ3n) is 2.90. The number of halogens is 1. The van der Waals surface area contributed by atoms with Gasteiger partial charge in [-0.3, -0.25) is 4.79 Å². The van der Waals surface area contributed by atoms with Crippen LogP contribution >= 0.6 is 11.6 Å². The fraction of sp³-hybridized carbons (Fsp3) is 0.188. The Labute approximate surface area is 133 Å². The van der Waals surface area contributed by atoms with E-state index in [1.165, 1.54) is 0 Å². The van der Waals surface area contributed by atoms with Gasteiger partial charge in [0.2, 0.25) is 0 Å². The van der Waals surface area contributed by atoms with Crippen LogP contribution in [0.5, 0.6) is 0 Å². The van der Waals surface area contributed by atoms with Gasteiger partial charge in [0.05, 0.1) is 5.56 Å². The van der Waals surface area contributed by atoms with Crippen molar-refractivity contribution in [2.45, 2.75) is 13.8 Å². The predicted octanol–water partition coefficient (Wildman–Crippen LogP) is 3.15. The van der Waals surface area contributed by atoms with Crippen LogP contribution in [-0.2, 0) is 9.53 Å². The molecule has 0 aliphatic heterocycles. The largest absolute Gasteiger partial charge is 0.452 e. The first-order valence-corrected chi connectivity index (χ1v) is 7.01. The number of hydrogen-bond donors (Lipinski definition) is 1. The first kappa shape index (κ1) is 16.0. The van der Waals surface area contributed by atoms with Gasteiger partial charge in [0.1, 0.15) is 5.15 Å². The molecule has 22 heavy (non-hydrogen) atoms. The van der Waals surface area contributed by atoms with Crippen molar-refractivity contribution in [2.24, 2.45) is 0 Å². The van der Waals surface area contributed by atoms with Crippen LogP contribution in [0.15, 0.2) is 36.4 Å². The number of anilines is 1. The molecule has 1 N–H and O–H groups in total. The monoisotopic (exact) mass is 318 g/mol. The van der Waals surface area contributed by atoms with Crippen LogP contribution in [0.2, 0.25) is 5.15 Å². The normalized spacial score (nSPS) is 10.1. The number of hydrogen-bond acceptors (Lipinski definition) is 4. The fourth-order valence-corrected chi connectivity index (χ4v) is 2.32. The number of esters is 1. The molecule has 0 spiro atoms. The second-order valence-electron chi connectivity index (χ2n) is 4.74. The number of benzene rings is 1. The van der Waals surface area contributed by atoms with Gasteiger partial charge in [-0.25, -0.2) is 9.78 Å². The number of ether oxygens (including phenoxy) is 1. The summed E-state index contributed by atoms with van der Waals surface area (Å²) in [5, 5.41) is 2.70. The Bertz CT molecular complexity index is 679. The molecule has 1 heterocycles. The molecule has 6 heteroatoms. The Morgan fingerprint density at radius 2 is 1.91 bits per heavy atom. The van der Waals surface area contributed by atoms with Crippen molar-refractivity contribution < 1.29 is 14.3 Å². The van der Waals surface area contributed by atoms with Crippen LogP contribution in [0.25, 0.3) is 0 Å². The summed E-state index contributed by atoms with van der Waals surface area (Å²) in [4.78, 5) is 27.8. The van der Waals surface area contributed by atoms with Crippen LogP contribution in [0.3, 0.4) is 0 Å². The van der Waals surface area contributed by atoms with Gasteiger partial charge in [-0.15, -0.1) is 0 Å². The number of rotatable bonds is 4. The minimum atomic E-state index is -0.668. The van der Waals surface area contributed by atoms with Crippen molar-refractivity contribution in [1.29, 1.82) is 0 Å². The lowest BCUT2D eigenvalue weighted by atomic mass is 10.1. The Hall–Kier alpha value is -2.40. The lowest BCUT2D eigenvalue weighted by molar-refractivity contribution is -0.119. The number of pyridine rings is 1. The highest BCUT2D eigenvalue weighted by Crippen LogP contribution is 2.19. The van der Waals surface area contributed by atoms with Gasteiger partial charge in [-0.2, -0.15) is 0 Å². The van der Waals surface area contributed by atoms with Crippen LogP contribution in [0.1, 0.15) is 21.6 Å². The maximum Gasteiger partial charge on any atom is 0.342 e. The van der Waals surface area contributed by atoms with Crippen molar-refractivity contribution >= 4 is 29.2 Å². The third kappa shape index (κ3) is 4.05. The summed E-state index contributed by atoms with van der Waals surface area (Å²) in [6, 6.07) is 10.6. The molecule has 0 unspecified atom stereocenters. The van der Waals surface area contributed by atoms with E-state index in [9.17, 15) is 9.59 Å². The average molecular weight is 319 g/mol. The number of aromatic nitrogens is 1. The van der Waals surface area contributed by atoms with Gasteiger partial charge in [-0.1, -0.05) is 29.8 Å². The molecular weight excluding hydrogens is 304 g/mol. The van der Waals surface area contributed by atoms with E-state index >= 15 is 0 Å². The van der Waals surface area contributed by atoms with Crippen molar-refractivity contribution in [1.82, 2.24) is 4.98 Å². The number of carbonyl (C=O) groups excluding carboxylic acids is 2. The lowest BCUT2D eigenvalue weighted by Gasteiger charge is -2.09. The summed E-state index contributed by atoms with van der Waals surface area (Å²) in [7, 11) is 0. The van der Waals surface area contributed by atoms with Crippen molar-refractivity contribution in [2.75, 3.05) is 11.9 Å². The zero-order valence-corrected chi connectivity index (χ0v) is 13.0. The van der Waals surface area contributed by atoms with Crippen LogP contribution in [0.4, 0.5) is 5.69 Å². The smallest absolute Gasteiger partial charge is 0.342 e. The van der Waals surface area contributed by atoms with Crippen molar-refractivity contribution in [3.8, 4) is 0 Å². The molecule has 0 saturated heterocycles. The predicted molar refractivity (Wildman–Crippen MR) is 84.1 cm³/mol. The molecule has 5 nitrogen and oxygen atoms in total. The molecule has 1 amide bonds. The topological polar surface area (TPSA) is 68.3 Å². The minimum Gasteiger partial charge on any atom is -0.452 e. The number of aryl methyl sites for hydroxylation is 2. The van der Waals surface area contributed by atoms with Crippen molar-refractivity contribution in [3.05, 3.63) is 58.4 Å². The fourth-order valence-electron chi connectivity index (χ4n) is 1.96. The van der Waals surface area contributed by atoms with Crippen molar-refractivity contribution in [3.63, 3.8) is 0 Å². The van der Waals surface area contributed by atoms with Crippen LogP contribution in [-0.4, -0.2) is 23.5 Å². The third-order valence-corrected chi connectivity index (χ3v) is 3.17. The maximum absolute atomic E-state index is 12.0. The Kier molecular flexibility index (Phi) is 5.12. The molecule has 0 aliphatic rings. The summed E-state index contributed by atoms with van der Waals surface area (Å²) in [5.41, 5.74) is 2.18. The summed E-state index contributed by atoms with van der Waals surface area (Å²) >= 11 is 5.96. The summed E-state index contributed by atoms with van der Waals surface area (Å²) in [6.45, 7) is 3.12. The first-order valence-electron chi connectivity index (χ1n) is 6.63. The minimum absolute atomic E-state index is 0.0750. The van der Waals surface area contributed by atoms with E-state index in [0.717, 1.165) is 0 Å². The van der Waals surface area contributed by atoms with E-state index in [2.05, 4.69) is 10.3 Å². The quantitative estimate of drug-likeness (QED) is 0.694. The second-order valence-corrected chi connectivity index (χ2v) is 5.09. The molecule has 2 rings (SSSR count). The lowest BCUT2D eigenvalue weighted by Crippen LogP contribution is -2.21. The molecule has 0 atom stereocenters. The van der Waals surface area contributed by atoms with Gasteiger partial charge in [0, 0.05) is 11.4 Å². The van der Waals surface area contributed by atoms with Crippen LogP contribution < -0.4 is 5.32 Å². The van der Waals surface area contributed by atoms with Gasteiger partial charge < -0.3 is 10.1 Å². The highest BCUT2D eigenvalue weighted by Gasteiger charge is 2.18. The molecule has 2 aromatic rings. The number of carbonyl (C=O) groups is 2. The highest BCUT2D eigenvalue weighted by molar-refractivity contribution is 6.32. The summed E-state index contributed by atoms with van der Waals surface area (Å²) < 4.78 is 4.99. The highest BCUT2D eigenvalue weighted by atomic mass is 35.5. The van der Waals surface area contributed by atoms with E-state index in [0.29, 0.717) is 16.9 Å². The molecule has 0 radical (unpaired) electrons. The molecule has 0 bridgehead atoms. The molecule has 0 aliphatic carbocycles. The number of para-hydroxylation sites is 1. The molecule has 1 aromatic carbocycles. The zero-order chi connectivity index (χ0) is 16.1. The standard InChI is InChI=1S/C16H15ClN2O3/c1-10-8-11(2)18-15(17)14(10)16(21)22-9-13(20)19-12-6-4-3-5-7-12/h3-8H,9H2,1-2H3,(H,19,20). The van der Waals surface area contributed by atoms with Gasteiger partial charge in [-0.05, 0) is 37.6 Å². The van der Waals surface area contributed by atoms with E-state index in [4.69, 9.17) is 16.3 Å². The molecule has 1 aromatic heterocycles. The zero-order valence-electron chi connectivity index (χ0n) is 12.2. The SMILES string of the molecule is Cc1cc(C)c(C(=O)OCC(=O)Nc2ccccc2)c(Cl)n1. The maximum atomic E-state index is 12.0.